The van der Waals surface area contributed by atoms with Crippen molar-refractivity contribution < 1.29 is 19.2 Å². The molecule has 7 nitrogen and oxygen atoms in total. The first kappa shape index (κ1) is 13.6. The zero-order valence-electron chi connectivity index (χ0n) is 9.77. The Hall–Kier alpha value is -2.49. The van der Waals surface area contributed by atoms with E-state index in [4.69, 9.17) is 16.1 Å². The predicted octanol–water partition coefficient (Wildman–Crippen LogP) is 0.259. The molecule has 1 unspecified atom stereocenters. The zero-order chi connectivity index (χ0) is 13.5. The van der Waals surface area contributed by atoms with Crippen molar-refractivity contribution in [2.75, 3.05) is 0 Å². The number of carboxylic acids is 1. The number of nitrogens with one attached hydrogen (secondary N) is 2. The van der Waals surface area contributed by atoms with Crippen LogP contribution in [0.3, 0.4) is 0 Å². The molecule has 0 fully saturated rings. The van der Waals surface area contributed by atoms with E-state index in [0.717, 1.165) is 0 Å². The Morgan fingerprint density at radius 3 is 2.89 bits per heavy atom. The maximum Gasteiger partial charge on any atom is 0.327 e. The summed E-state index contributed by atoms with van der Waals surface area (Å²) in [5.41, 5.74) is 0.697. The summed E-state index contributed by atoms with van der Waals surface area (Å²) >= 11 is 0. The Kier molecular flexibility index (Phi) is 4.75. The lowest BCUT2D eigenvalue weighted by molar-refractivity contribution is -0.139. The third kappa shape index (κ3) is 4.17. The number of urea groups is 1. The molecule has 0 aliphatic carbocycles. The maximum atomic E-state index is 11.4. The Labute approximate surface area is 104 Å². The van der Waals surface area contributed by atoms with Gasteiger partial charge >= 0.3 is 12.0 Å². The summed E-state index contributed by atoms with van der Waals surface area (Å²) in [5.74, 6) is 1.48. The van der Waals surface area contributed by atoms with E-state index in [0.29, 0.717) is 11.5 Å². The molecule has 1 aromatic rings. The highest BCUT2D eigenvalue weighted by Gasteiger charge is 2.18. The molecule has 7 heteroatoms. The number of hydrogen-bond acceptors (Lipinski definition) is 4. The van der Waals surface area contributed by atoms with Gasteiger partial charge in [-0.2, -0.15) is 0 Å². The molecule has 0 saturated carbocycles. The molecule has 0 aromatic carbocycles. The van der Waals surface area contributed by atoms with Gasteiger partial charge in [0.05, 0.1) is 12.2 Å². The van der Waals surface area contributed by atoms with E-state index in [-0.39, 0.29) is 13.0 Å². The average molecular weight is 251 g/mol. The minimum Gasteiger partial charge on any atom is -0.480 e. The number of terminal acetylenes is 1. The van der Waals surface area contributed by atoms with Crippen LogP contribution in [0.2, 0.25) is 0 Å². The van der Waals surface area contributed by atoms with E-state index in [2.05, 4.69) is 21.7 Å². The van der Waals surface area contributed by atoms with Crippen molar-refractivity contribution in [2.45, 2.75) is 25.9 Å². The summed E-state index contributed by atoms with van der Waals surface area (Å²) in [6, 6.07) is -0.0747. The number of aliphatic carboxylic acids is 1. The quantitative estimate of drug-likeness (QED) is 0.651. The first-order valence-corrected chi connectivity index (χ1v) is 5.15. The van der Waals surface area contributed by atoms with E-state index in [1.807, 2.05) is 0 Å². The Morgan fingerprint density at radius 1 is 1.67 bits per heavy atom. The standard InChI is InChI=1S/C11H13N3O4/c1-3-4-9(10(15)16)13-11(17)12-6-8-5-7(2)14-18-8/h1,5,9H,4,6H2,2H3,(H,15,16)(H2,12,13,17). The fourth-order valence-corrected chi connectivity index (χ4v) is 1.19. The van der Waals surface area contributed by atoms with Crippen molar-refractivity contribution in [3.63, 3.8) is 0 Å². The Morgan fingerprint density at radius 2 is 2.39 bits per heavy atom. The number of carbonyl (C=O) groups is 2. The van der Waals surface area contributed by atoms with Crippen molar-refractivity contribution in [3.8, 4) is 12.3 Å². The van der Waals surface area contributed by atoms with Gasteiger partial charge in [0.15, 0.2) is 5.76 Å². The lowest BCUT2D eigenvalue weighted by Crippen LogP contribution is -2.45. The number of aromatic nitrogens is 1. The van der Waals surface area contributed by atoms with Crippen LogP contribution in [0.15, 0.2) is 10.6 Å². The second kappa shape index (κ2) is 6.30. The van der Waals surface area contributed by atoms with Crippen LogP contribution in [-0.4, -0.2) is 28.3 Å². The van der Waals surface area contributed by atoms with Gasteiger partial charge in [0.2, 0.25) is 0 Å². The number of carbonyl (C=O) groups excluding carboxylic acids is 1. The van der Waals surface area contributed by atoms with Gasteiger partial charge in [0.25, 0.3) is 0 Å². The van der Waals surface area contributed by atoms with Gasteiger partial charge < -0.3 is 20.3 Å². The van der Waals surface area contributed by atoms with Gasteiger partial charge in [0.1, 0.15) is 6.04 Å². The van der Waals surface area contributed by atoms with Crippen LogP contribution in [0.4, 0.5) is 4.79 Å². The van der Waals surface area contributed by atoms with Crippen LogP contribution in [0.1, 0.15) is 17.9 Å². The highest BCUT2D eigenvalue weighted by atomic mass is 16.5. The van der Waals surface area contributed by atoms with Gasteiger partial charge in [-0.25, -0.2) is 9.59 Å². The van der Waals surface area contributed by atoms with E-state index in [1.54, 1.807) is 13.0 Å². The van der Waals surface area contributed by atoms with Crippen LogP contribution >= 0.6 is 0 Å². The molecule has 0 saturated heterocycles. The monoisotopic (exact) mass is 251 g/mol. The molecule has 1 atom stereocenters. The van der Waals surface area contributed by atoms with Crippen molar-refractivity contribution in [1.29, 1.82) is 0 Å². The molecule has 0 aliphatic heterocycles. The number of nitrogens with zero attached hydrogens (tertiary/aromatic N) is 1. The number of rotatable bonds is 5. The predicted molar refractivity (Wildman–Crippen MR) is 61.5 cm³/mol. The summed E-state index contributed by atoms with van der Waals surface area (Å²) < 4.78 is 4.87. The number of hydrogen-bond donors (Lipinski definition) is 3. The minimum atomic E-state index is -1.18. The first-order valence-electron chi connectivity index (χ1n) is 5.15. The van der Waals surface area contributed by atoms with Gasteiger partial charge in [0, 0.05) is 12.5 Å². The van der Waals surface area contributed by atoms with Crippen LogP contribution in [0, 0.1) is 19.3 Å². The topological polar surface area (TPSA) is 104 Å². The molecule has 18 heavy (non-hydrogen) atoms. The van der Waals surface area contributed by atoms with E-state index >= 15 is 0 Å². The second-order valence-electron chi connectivity index (χ2n) is 3.56. The molecule has 2 amide bonds. The first-order chi connectivity index (χ1) is 8.52. The molecule has 1 heterocycles. The fourth-order valence-electron chi connectivity index (χ4n) is 1.19. The van der Waals surface area contributed by atoms with Crippen molar-refractivity contribution in [1.82, 2.24) is 15.8 Å². The van der Waals surface area contributed by atoms with Gasteiger partial charge in [-0.05, 0) is 6.92 Å². The number of carboxylic acid groups (broad SMARTS) is 1. The van der Waals surface area contributed by atoms with Crippen molar-refractivity contribution in [2.24, 2.45) is 0 Å². The van der Waals surface area contributed by atoms with Crippen LogP contribution in [-0.2, 0) is 11.3 Å². The Bertz CT molecular complexity index is 475. The molecule has 3 N–H and O–H groups in total. The average Bonchev–Trinajstić information content (AvgIpc) is 2.72. The molecular formula is C11H13N3O4. The van der Waals surface area contributed by atoms with Gasteiger partial charge in [-0.15, -0.1) is 12.3 Å². The molecule has 0 spiro atoms. The number of amides is 2. The molecule has 0 aliphatic rings. The third-order valence-electron chi connectivity index (χ3n) is 2.03. The highest BCUT2D eigenvalue weighted by Crippen LogP contribution is 2.01. The molecular weight excluding hydrogens is 238 g/mol. The maximum absolute atomic E-state index is 11.4. The van der Waals surface area contributed by atoms with E-state index < -0.39 is 18.0 Å². The fraction of sp³-hybridized carbons (Fsp3) is 0.364. The lowest BCUT2D eigenvalue weighted by Gasteiger charge is -2.11. The largest absolute Gasteiger partial charge is 0.480 e. The number of aryl methyl sites for hydroxylation is 1. The summed E-state index contributed by atoms with van der Waals surface area (Å²) in [5, 5.41) is 17.1. The summed E-state index contributed by atoms with van der Waals surface area (Å²) in [4.78, 5) is 22.1. The van der Waals surface area contributed by atoms with E-state index in [1.165, 1.54) is 0 Å². The van der Waals surface area contributed by atoms with Gasteiger partial charge in [-0.3, -0.25) is 0 Å². The van der Waals surface area contributed by atoms with Crippen LogP contribution in [0.25, 0.3) is 0 Å². The van der Waals surface area contributed by atoms with Crippen LogP contribution in [0.5, 0.6) is 0 Å². The van der Waals surface area contributed by atoms with Crippen molar-refractivity contribution in [3.05, 3.63) is 17.5 Å². The molecule has 1 aromatic heterocycles. The minimum absolute atomic E-state index is 0.0792. The van der Waals surface area contributed by atoms with Crippen molar-refractivity contribution >= 4 is 12.0 Å². The molecule has 1 rings (SSSR count). The molecule has 96 valence electrons. The van der Waals surface area contributed by atoms with E-state index in [9.17, 15) is 9.59 Å². The van der Waals surface area contributed by atoms with Crippen LogP contribution < -0.4 is 10.6 Å². The molecule has 0 bridgehead atoms. The lowest BCUT2D eigenvalue weighted by atomic mass is 10.2. The Balaban J connectivity index is 2.41. The zero-order valence-corrected chi connectivity index (χ0v) is 9.77. The summed E-state index contributed by atoms with van der Waals surface area (Å²) in [7, 11) is 0. The second-order valence-corrected chi connectivity index (χ2v) is 3.56. The summed E-state index contributed by atoms with van der Waals surface area (Å²) in [6.45, 7) is 1.87. The smallest absolute Gasteiger partial charge is 0.327 e. The third-order valence-corrected chi connectivity index (χ3v) is 2.03. The highest BCUT2D eigenvalue weighted by molar-refractivity contribution is 5.82. The molecule has 0 radical (unpaired) electrons. The summed E-state index contributed by atoms with van der Waals surface area (Å²) in [6.07, 6.45) is 4.92. The van der Waals surface area contributed by atoms with Gasteiger partial charge in [-0.1, -0.05) is 5.16 Å². The normalized spacial score (nSPS) is 11.3. The SMILES string of the molecule is C#CCC(NC(=O)NCc1cc(C)no1)C(=O)O.